The highest BCUT2D eigenvalue weighted by Crippen LogP contribution is 2.32. The SMILES string of the molecule is CCS(=O)(=O)N1Cc2ccccc2C[C@H]1C(=O)NCCN1C(=O)S/C(=C/c2cccnc2)C1=O. The molecule has 4 rings (SSSR count). The molecule has 0 aliphatic carbocycles. The van der Waals surface area contributed by atoms with Gasteiger partial charge in [-0.3, -0.25) is 24.3 Å². The first kappa shape index (κ1) is 24.1. The summed E-state index contributed by atoms with van der Waals surface area (Å²) in [5.41, 5.74) is 2.51. The zero-order valence-corrected chi connectivity index (χ0v) is 20.1. The number of sulfonamides is 1. The van der Waals surface area contributed by atoms with Crippen LogP contribution in [0.3, 0.4) is 0 Å². The van der Waals surface area contributed by atoms with Crippen LogP contribution >= 0.6 is 11.8 Å². The highest BCUT2D eigenvalue weighted by molar-refractivity contribution is 8.18. The molecule has 1 aromatic heterocycles. The number of thioether (sulfide) groups is 1. The third kappa shape index (κ3) is 5.06. The van der Waals surface area contributed by atoms with Gasteiger partial charge < -0.3 is 5.32 Å². The Morgan fingerprint density at radius 1 is 1.21 bits per heavy atom. The third-order valence-electron chi connectivity index (χ3n) is 5.72. The van der Waals surface area contributed by atoms with Crippen molar-refractivity contribution in [1.82, 2.24) is 19.5 Å². The fourth-order valence-electron chi connectivity index (χ4n) is 3.89. The molecule has 2 aliphatic rings. The monoisotopic (exact) mass is 500 g/mol. The molecule has 0 unspecified atom stereocenters. The molecule has 1 aromatic carbocycles. The highest BCUT2D eigenvalue weighted by Gasteiger charge is 2.38. The van der Waals surface area contributed by atoms with Gasteiger partial charge in [0.1, 0.15) is 6.04 Å². The maximum absolute atomic E-state index is 13.0. The molecule has 2 aliphatic heterocycles. The van der Waals surface area contributed by atoms with E-state index in [0.29, 0.717) is 5.56 Å². The first-order chi connectivity index (χ1) is 16.3. The lowest BCUT2D eigenvalue weighted by Crippen LogP contribution is -2.53. The van der Waals surface area contributed by atoms with Crippen LogP contribution < -0.4 is 5.32 Å². The van der Waals surface area contributed by atoms with Gasteiger partial charge in [0.15, 0.2) is 0 Å². The number of aromatic nitrogens is 1. The van der Waals surface area contributed by atoms with Crippen LogP contribution in [-0.2, 0) is 32.6 Å². The topological polar surface area (TPSA) is 117 Å². The minimum Gasteiger partial charge on any atom is -0.353 e. The molecular formula is C23H24N4O5S2. The maximum Gasteiger partial charge on any atom is 0.293 e. The third-order valence-corrected chi connectivity index (χ3v) is 8.46. The number of nitrogens with one attached hydrogen (secondary N) is 1. The summed E-state index contributed by atoms with van der Waals surface area (Å²) in [5, 5.41) is 2.29. The molecule has 0 bridgehead atoms. The molecule has 0 saturated carbocycles. The summed E-state index contributed by atoms with van der Waals surface area (Å²) in [6.07, 6.45) is 5.07. The van der Waals surface area contributed by atoms with E-state index in [4.69, 9.17) is 0 Å². The molecule has 1 saturated heterocycles. The Hall–Kier alpha value is -3.02. The quantitative estimate of drug-likeness (QED) is 0.578. The Morgan fingerprint density at radius 3 is 2.68 bits per heavy atom. The predicted octanol–water partition coefficient (Wildman–Crippen LogP) is 2.01. The minimum atomic E-state index is -3.62. The van der Waals surface area contributed by atoms with Gasteiger partial charge in [-0.05, 0) is 53.9 Å². The smallest absolute Gasteiger partial charge is 0.293 e. The highest BCUT2D eigenvalue weighted by atomic mass is 32.2. The summed E-state index contributed by atoms with van der Waals surface area (Å²) in [6, 6.07) is 10.1. The van der Waals surface area contributed by atoms with Gasteiger partial charge in [-0.1, -0.05) is 30.3 Å². The van der Waals surface area contributed by atoms with E-state index in [1.807, 2.05) is 24.3 Å². The minimum absolute atomic E-state index is 0.00930. The van der Waals surface area contributed by atoms with Crippen LogP contribution in [0.5, 0.6) is 0 Å². The molecule has 1 atom stereocenters. The van der Waals surface area contributed by atoms with Crippen LogP contribution in [0, 0.1) is 0 Å². The molecule has 9 nitrogen and oxygen atoms in total. The van der Waals surface area contributed by atoms with E-state index < -0.39 is 33.1 Å². The van der Waals surface area contributed by atoms with Crippen LogP contribution in [0.2, 0.25) is 0 Å². The van der Waals surface area contributed by atoms with Crippen LogP contribution in [-0.4, -0.2) is 64.5 Å². The summed E-state index contributed by atoms with van der Waals surface area (Å²) in [5.74, 6) is -1.00. The molecule has 11 heteroatoms. The number of amides is 3. The Kier molecular flexibility index (Phi) is 7.15. The Morgan fingerprint density at radius 2 is 1.97 bits per heavy atom. The van der Waals surface area contributed by atoms with Crippen LogP contribution in [0.4, 0.5) is 4.79 Å². The summed E-state index contributed by atoms with van der Waals surface area (Å²) in [4.78, 5) is 43.3. The summed E-state index contributed by atoms with van der Waals surface area (Å²) >= 11 is 0.833. The van der Waals surface area contributed by atoms with Gasteiger partial charge in [-0.25, -0.2) is 8.42 Å². The van der Waals surface area contributed by atoms with E-state index in [1.165, 1.54) is 4.31 Å². The summed E-state index contributed by atoms with van der Waals surface area (Å²) in [7, 11) is -3.62. The Bertz CT molecular complexity index is 1250. The Balaban J connectivity index is 1.41. The zero-order chi connectivity index (χ0) is 24.3. The van der Waals surface area contributed by atoms with Crippen molar-refractivity contribution in [3.63, 3.8) is 0 Å². The summed E-state index contributed by atoms with van der Waals surface area (Å²) in [6.45, 7) is 1.69. The van der Waals surface area contributed by atoms with Crippen molar-refractivity contribution >= 4 is 44.9 Å². The van der Waals surface area contributed by atoms with Gasteiger partial charge >= 0.3 is 0 Å². The average molecular weight is 501 g/mol. The van der Waals surface area contributed by atoms with Crippen LogP contribution in [0.25, 0.3) is 6.08 Å². The molecule has 34 heavy (non-hydrogen) atoms. The lowest BCUT2D eigenvalue weighted by Gasteiger charge is -2.34. The van der Waals surface area contributed by atoms with Crippen molar-refractivity contribution in [3.8, 4) is 0 Å². The number of nitrogens with zero attached hydrogens (tertiary/aromatic N) is 3. The van der Waals surface area contributed by atoms with Gasteiger partial charge in [-0.15, -0.1) is 0 Å². The van der Waals surface area contributed by atoms with E-state index in [9.17, 15) is 22.8 Å². The van der Waals surface area contributed by atoms with Crippen molar-refractivity contribution in [2.45, 2.75) is 25.9 Å². The molecule has 3 heterocycles. The number of benzene rings is 1. The van der Waals surface area contributed by atoms with E-state index >= 15 is 0 Å². The summed E-state index contributed by atoms with van der Waals surface area (Å²) < 4.78 is 26.6. The van der Waals surface area contributed by atoms with Crippen molar-refractivity contribution in [1.29, 1.82) is 0 Å². The Labute approximate surface area is 202 Å². The number of fused-ring (bicyclic) bond motifs is 1. The van der Waals surface area contributed by atoms with Crippen molar-refractivity contribution in [2.75, 3.05) is 18.8 Å². The van der Waals surface area contributed by atoms with Gasteiger partial charge in [-0.2, -0.15) is 4.31 Å². The van der Waals surface area contributed by atoms with Gasteiger partial charge in [0.2, 0.25) is 15.9 Å². The van der Waals surface area contributed by atoms with Crippen molar-refractivity contribution < 1.29 is 22.8 Å². The van der Waals surface area contributed by atoms with Gasteiger partial charge in [0.05, 0.1) is 10.7 Å². The standard InChI is InChI=1S/C23H24N4O5S2/c1-2-34(31,32)27-15-18-8-4-3-7-17(18)13-19(27)21(28)25-10-11-26-22(29)20(33-23(26)30)12-16-6-5-9-24-14-16/h3-9,12,14,19H,2,10-11,13,15H2,1H3,(H,25,28)/b20-12+/t19-/m0/s1. The number of carbonyl (C=O) groups is 3. The lowest BCUT2D eigenvalue weighted by atomic mass is 9.95. The van der Waals surface area contributed by atoms with E-state index in [2.05, 4.69) is 10.3 Å². The molecule has 2 aromatic rings. The molecule has 1 N–H and O–H groups in total. The molecular weight excluding hydrogens is 476 g/mol. The second-order valence-corrected chi connectivity index (χ2v) is 11.0. The number of carbonyl (C=O) groups excluding carboxylic acids is 3. The number of imide groups is 1. The fraction of sp³-hybridized carbons (Fsp3) is 0.304. The first-order valence-corrected chi connectivity index (χ1v) is 13.2. The zero-order valence-electron chi connectivity index (χ0n) is 18.5. The van der Waals surface area contributed by atoms with Gasteiger partial charge in [0.25, 0.3) is 11.1 Å². The normalized spacial score (nSPS) is 20.0. The van der Waals surface area contributed by atoms with Crippen LogP contribution in [0.1, 0.15) is 23.6 Å². The van der Waals surface area contributed by atoms with Crippen molar-refractivity contribution in [2.24, 2.45) is 0 Å². The van der Waals surface area contributed by atoms with Gasteiger partial charge in [0, 0.05) is 32.0 Å². The lowest BCUT2D eigenvalue weighted by molar-refractivity contribution is -0.126. The van der Waals surface area contributed by atoms with Crippen molar-refractivity contribution in [3.05, 3.63) is 70.4 Å². The number of hydrogen-bond acceptors (Lipinski definition) is 7. The average Bonchev–Trinajstić information content (AvgIpc) is 3.11. The van der Waals surface area contributed by atoms with E-state index in [1.54, 1.807) is 37.5 Å². The fourth-order valence-corrected chi connectivity index (χ4v) is 5.99. The number of pyridine rings is 1. The van der Waals surface area contributed by atoms with Crippen LogP contribution in [0.15, 0.2) is 53.7 Å². The van der Waals surface area contributed by atoms with E-state index in [-0.39, 0.29) is 36.7 Å². The largest absolute Gasteiger partial charge is 0.353 e. The predicted molar refractivity (Wildman–Crippen MR) is 129 cm³/mol. The second-order valence-electron chi connectivity index (χ2n) is 7.85. The number of rotatable bonds is 7. The first-order valence-electron chi connectivity index (χ1n) is 10.8. The van der Waals surface area contributed by atoms with E-state index in [0.717, 1.165) is 27.8 Å². The number of hydrogen-bond donors (Lipinski definition) is 1. The maximum atomic E-state index is 13.0. The molecule has 1 fully saturated rings. The molecule has 3 amide bonds. The molecule has 178 valence electrons. The molecule has 0 spiro atoms. The second kappa shape index (κ2) is 10.1. The molecule has 0 radical (unpaired) electrons.